The molecule has 1 saturated carbocycles. The number of benzene rings is 1. The van der Waals surface area contributed by atoms with Gasteiger partial charge < -0.3 is 15.2 Å². The SMILES string of the molecule is CC(C)(C)Oc1ccccc1NC(=O)C1CC1C(=O)O. The quantitative estimate of drug-likeness (QED) is 0.886. The van der Waals surface area contributed by atoms with Gasteiger partial charge in [-0.05, 0) is 39.3 Å². The first-order valence-corrected chi connectivity index (χ1v) is 6.59. The van der Waals surface area contributed by atoms with Gasteiger partial charge in [-0.1, -0.05) is 12.1 Å². The number of carbonyl (C=O) groups is 2. The maximum atomic E-state index is 12.0. The fourth-order valence-electron chi connectivity index (χ4n) is 1.97. The third-order valence-electron chi connectivity index (χ3n) is 3.01. The average molecular weight is 277 g/mol. The topological polar surface area (TPSA) is 75.6 Å². The van der Waals surface area contributed by atoms with Gasteiger partial charge >= 0.3 is 5.97 Å². The third-order valence-corrected chi connectivity index (χ3v) is 3.01. The minimum atomic E-state index is -0.913. The lowest BCUT2D eigenvalue weighted by molar-refractivity contribution is -0.139. The van der Waals surface area contributed by atoms with Crippen molar-refractivity contribution in [1.82, 2.24) is 0 Å². The molecule has 20 heavy (non-hydrogen) atoms. The lowest BCUT2D eigenvalue weighted by Crippen LogP contribution is -2.24. The van der Waals surface area contributed by atoms with Crippen molar-refractivity contribution in [3.8, 4) is 5.75 Å². The predicted molar refractivity (Wildman–Crippen MR) is 74.7 cm³/mol. The minimum Gasteiger partial charge on any atom is -0.486 e. The van der Waals surface area contributed by atoms with Crippen LogP contribution in [0.15, 0.2) is 24.3 Å². The first-order valence-electron chi connectivity index (χ1n) is 6.59. The van der Waals surface area contributed by atoms with E-state index in [2.05, 4.69) is 5.32 Å². The molecular weight excluding hydrogens is 258 g/mol. The second-order valence-corrected chi connectivity index (χ2v) is 5.99. The Bertz CT molecular complexity index is 533. The standard InChI is InChI=1S/C15H19NO4/c1-15(2,3)20-12-7-5-4-6-11(12)16-13(17)9-8-10(9)14(18)19/h4-7,9-10H,8H2,1-3H3,(H,16,17)(H,18,19). The summed E-state index contributed by atoms with van der Waals surface area (Å²) in [6, 6.07) is 7.15. The lowest BCUT2D eigenvalue weighted by atomic mass is 10.2. The summed E-state index contributed by atoms with van der Waals surface area (Å²) in [5.41, 5.74) is 0.202. The lowest BCUT2D eigenvalue weighted by Gasteiger charge is -2.23. The fraction of sp³-hybridized carbons (Fsp3) is 0.467. The van der Waals surface area contributed by atoms with Crippen LogP contribution in [-0.2, 0) is 9.59 Å². The Morgan fingerprint density at radius 1 is 1.25 bits per heavy atom. The van der Waals surface area contributed by atoms with Crippen LogP contribution in [0.25, 0.3) is 0 Å². The Labute approximate surface area is 117 Å². The molecule has 0 aliphatic heterocycles. The van der Waals surface area contributed by atoms with Crippen LogP contribution in [0.1, 0.15) is 27.2 Å². The Morgan fingerprint density at radius 2 is 1.90 bits per heavy atom. The minimum absolute atomic E-state index is 0.262. The van der Waals surface area contributed by atoms with Crippen LogP contribution >= 0.6 is 0 Å². The highest BCUT2D eigenvalue weighted by molar-refractivity contribution is 5.99. The van der Waals surface area contributed by atoms with Gasteiger partial charge in [-0.2, -0.15) is 0 Å². The molecule has 0 saturated heterocycles. The third kappa shape index (κ3) is 3.50. The molecule has 5 heteroatoms. The second-order valence-electron chi connectivity index (χ2n) is 5.99. The van der Waals surface area contributed by atoms with E-state index in [-0.39, 0.29) is 11.5 Å². The van der Waals surface area contributed by atoms with Gasteiger partial charge in [0.1, 0.15) is 11.4 Å². The number of nitrogens with one attached hydrogen (secondary N) is 1. The van der Waals surface area contributed by atoms with Crippen molar-refractivity contribution in [2.24, 2.45) is 11.8 Å². The van der Waals surface area contributed by atoms with Gasteiger partial charge in [-0.25, -0.2) is 0 Å². The molecule has 1 amide bonds. The van der Waals surface area contributed by atoms with E-state index in [9.17, 15) is 9.59 Å². The number of rotatable bonds is 4. The van der Waals surface area contributed by atoms with Gasteiger partial charge in [0.25, 0.3) is 0 Å². The zero-order valence-electron chi connectivity index (χ0n) is 11.8. The summed E-state index contributed by atoms with van der Waals surface area (Å²) in [6.07, 6.45) is 0.406. The predicted octanol–water partition coefficient (Wildman–Crippen LogP) is 2.52. The van der Waals surface area contributed by atoms with Gasteiger partial charge in [-0.15, -0.1) is 0 Å². The number of aliphatic carboxylic acids is 1. The molecule has 0 heterocycles. The molecule has 1 aromatic rings. The molecule has 5 nitrogen and oxygen atoms in total. The summed E-state index contributed by atoms with van der Waals surface area (Å²) in [5.74, 6) is -1.58. The zero-order chi connectivity index (χ0) is 14.9. The summed E-state index contributed by atoms with van der Waals surface area (Å²) in [4.78, 5) is 22.8. The van der Waals surface area contributed by atoms with E-state index in [4.69, 9.17) is 9.84 Å². The van der Waals surface area contributed by atoms with Crippen molar-refractivity contribution in [2.75, 3.05) is 5.32 Å². The fourth-order valence-corrected chi connectivity index (χ4v) is 1.97. The number of carboxylic acid groups (broad SMARTS) is 1. The van der Waals surface area contributed by atoms with Crippen molar-refractivity contribution < 1.29 is 19.4 Å². The monoisotopic (exact) mass is 277 g/mol. The number of para-hydroxylation sites is 2. The Hall–Kier alpha value is -2.04. The maximum Gasteiger partial charge on any atom is 0.307 e. The normalized spacial score (nSPS) is 21.1. The summed E-state index contributed by atoms with van der Waals surface area (Å²) >= 11 is 0. The highest BCUT2D eigenvalue weighted by Crippen LogP contribution is 2.40. The van der Waals surface area contributed by atoms with Crippen molar-refractivity contribution in [2.45, 2.75) is 32.8 Å². The average Bonchev–Trinajstić information content (AvgIpc) is 3.09. The van der Waals surface area contributed by atoms with E-state index in [0.29, 0.717) is 17.9 Å². The number of amides is 1. The Balaban J connectivity index is 2.06. The van der Waals surface area contributed by atoms with Crippen LogP contribution in [0.3, 0.4) is 0 Å². The van der Waals surface area contributed by atoms with E-state index in [1.54, 1.807) is 18.2 Å². The van der Waals surface area contributed by atoms with Gasteiger partial charge in [0.2, 0.25) is 5.91 Å². The summed E-state index contributed by atoms with van der Waals surface area (Å²) in [7, 11) is 0. The van der Waals surface area contributed by atoms with Crippen molar-refractivity contribution in [1.29, 1.82) is 0 Å². The maximum absolute atomic E-state index is 12.0. The highest BCUT2D eigenvalue weighted by Gasteiger charge is 2.48. The molecule has 2 N–H and O–H groups in total. The molecule has 2 rings (SSSR count). The van der Waals surface area contributed by atoms with Crippen molar-refractivity contribution in [3.05, 3.63) is 24.3 Å². The van der Waals surface area contributed by atoms with Gasteiger partial charge in [0.15, 0.2) is 0 Å². The molecule has 0 spiro atoms. The first-order chi connectivity index (χ1) is 9.28. The number of carboxylic acids is 1. The smallest absolute Gasteiger partial charge is 0.307 e. The van der Waals surface area contributed by atoms with Crippen molar-refractivity contribution >= 4 is 17.6 Å². The molecule has 0 radical (unpaired) electrons. The van der Waals surface area contributed by atoms with Crippen LogP contribution in [-0.4, -0.2) is 22.6 Å². The van der Waals surface area contributed by atoms with Gasteiger partial charge in [0, 0.05) is 0 Å². The Morgan fingerprint density at radius 3 is 2.45 bits per heavy atom. The number of carbonyl (C=O) groups excluding carboxylic acids is 1. The molecule has 0 bridgehead atoms. The van der Waals surface area contributed by atoms with E-state index >= 15 is 0 Å². The summed E-state index contributed by atoms with van der Waals surface area (Å²) in [5, 5.41) is 11.6. The molecule has 2 unspecified atom stereocenters. The number of hydrogen-bond donors (Lipinski definition) is 2. The van der Waals surface area contributed by atoms with Crippen LogP contribution < -0.4 is 10.1 Å². The van der Waals surface area contributed by atoms with Crippen molar-refractivity contribution in [3.63, 3.8) is 0 Å². The van der Waals surface area contributed by atoms with Crippen LogP contribution in [0.2, 0.25) is 0 Å². The molecule has 108 valence electrons. The van der Waals surface area contributed by atoms with E-state index in [0.717, 1.165) is 0 Å². The Kier molecular flexibility index (Phi) is 3.70. The number of hydrogen-bond acceptors (Lipinski definition) is 3. The largest absolute Gasteiger partial charge is 0.486 e. The second kappa shape index (κ2) is 5.15. The number of anilines is 1. The first kappa shape index (κ1) is 14.4. The van der Waals surface area contributed by atoms with Crippen LogP contribution in [0, 0.1) is 11.8 Å². The molecule has 0 aromatic heterocycles. The molecule has 1 fully saturated rings. The van der Waals surface area contributed by atoms with E-state index in [1.807, 2.05) is 26.8 Å². The number of ether oxygens (including phenoxy) is 1. The molecule has 1 aromatic carbocycles. The summed E-state index contributed by atoms with van der Waals surface area (Å²) < 4.78 is 5.78. The molecule has 2 atom stereocenters. The molecule has 1 aliphatic rings. The molecule has 1 aliphatic carbocycles. The van der Waals surface area contributed by atoms with E-state index in [1.165, 1.54) is 0 Å². The summed E-state index contributed by atoms with van der Waals surface area (Å²) in [6.45, 7) is 5.77. The zero-order valence-corrected chi connectivity index (χ0v) is 11.8. The van der Waals surface area contributed by atoms with Crippen LogP contribution in [0.4, 0.5) is 5.69 Å². The van der Waals surface area contributed by atoms with Gasteiger partial charge in [0.05, 0.1) is 17.5 Å². The van der Waals surface area contributed by atoms with Gasteiger partial charge in [-0.3, -0.25) is 9.59 Å². The van der Waals surface area contributed by atoms with E-state index < -0.39 is 17.8 Å². The molecular formula is C15H19NO4. The van der Waals surface area contributed by atoms with Crippen LogP contribution in [0.5, 0.6) is 5.75 Å². The highest BCUT2D eigenvalue weighted by atomic mass is 16.5.